The van der Waals surface area contributed by atoms with Crippen molar-refractivity contribution >= 4 is 5.91 Å². The van der Waals surface area contributed by atoms with E-state index < -0.39 is 17.6 Å². The molecule has 0 radical (unpaired) electrons. The Labute approximate surface area is 156 Å². The molecule has 0 spiro atoms. The molecule has 11 heteroatoms. The Bertz CT molecular complexity index is 1010. The number of benzene rings is 1. The van der Waals surface area contributed by atoms with Crippen molar-refractivity contribution in [3.63, 3.8) is 0 Å². The van der Waals surface area contributed by atoms with E-state index in [0.29, 0.717) is 18.7 Å². The number of hydrogen-bond donors (Lipinski definition) is 1. The van der Waals surface area contributed by atoms with Crippen molar-refractivity contribution in [2.24, 2.45) is 0 Å². The lowest BCUT2D eigenvalue weighted by Gasteiger charge is -2.27. The van der Waals surface area contributed by atoms with Gasteiger partial charge in [-0.15, -0.1) is 5.10 Å². The topological polar surface area (TPSA) is 89.1 Å². The highest BCUT2D eigenvalue weighted by Gasteiger charge is 2.34. The van der Waals surface area contributed by atoms with Gasteiger partial charge in [0, 0.05) is 12.1 Å². The van der Waals surface area contributed by atoms with Crippen molar-refractivity contribution in [3.8, 4) is 5.69 Å². The average molecular weight is 392 g/mol. The molecule has 0 saturated carbocycles. The Morgan fingerprint density at radius 2 is 2.00 bits per heavy atom. The third-order valence-corrected chi connectivity index (χ3v) is 4.58. The van der Waals surface area contributed by atoms with E-state index in [1.54, 1.807) is 10.9 Å². The third-order valence-electron chi connectivity index (χ3n) is 4.58. The molecule has 3 aromatic rings. The third kappa shape index (κ3) is 3.13. The molecule has 8 nitrogen and oxygen atoms in total. The summed E-state index contributed by atoms with van der Waals surface area (Å²) in [4.78, 5) is 14.3. The fourth-order valence-corrected chi connectivity index (χ4v) is 3.16. The van der Waals surface area contributed by atoms with Gasteiger partial charge in [0.15, 0.2) is 5.69 Å². The minimum atomic E-state index is -4.56. The molecule has 1 amide bonds. The van der Waals surface area contributed by atoms with Gasteiger partial charge in [-0.2, -0.15) is 18.3 Å². The van der Waals surface area contributed by atoms with Crippen LogP contribution in [0.3, 0.4) is 0 Å². The number of nitrogens with zero attached hydrogens (tertiary/aromatic N) is 6. The molecule has 0 fully saturated rings. The number of fused-ring (bicyclic) bond motifs is 1. The van der Waals surface area contributed by atoms with Crippen LogP contribution in [-0.2, 0) is 25.9 Å². The Morgan fingerprint density at radius 3 is 2.75 bits per heavy atom. The van der Waals surface area contributed by atoms with Gasteiger partial charge in [0.1, 0.15) is 0 Å². The average Bonchev–Trinajstić information content (AvgIpc) is 3.33. The van der Waals surface area contributed by atoms with Gasteiger partial charge in [0.2, 0.25) is 0 Å². The van der Waals surface area contributed by atoms with Crippen molar-refractivity contribution in [2.45, 2.75) is 25.9 Å². The Kier molecular flexibility index (Phi) is 4.38. The predicted octanol–water partition coefficient (Wildman–Crippen LogP) is 1.63. The number of aliphatic hydroxyl groups excluding tert-OH is 1. The lowest BCUT2D eigenvalue weighted by Crippen LogP contribution is -2.39. The van der Waals surface area contributed by atoms with Crippen molar-refractivity contribution in [2.75, 3.05) is 6.54 Å². The van der Waals surface area contributed by atoms with E-state index in [4.69, 9.17) is 0 Å². The smallest absolute Gasteiger partial charge is 0.392 e. The number of aliphatic hydroxyl groups is 1. The van der Waals surface area contributed by atoms with Crippen molar-refractivity contribution < 1.29 is 23.1 Å². The van der Waals surface area contributed by atoms with Crippen LogP contribution in [0, 0.1) is 0 Å². The predicted molar refractivity (Wildman–Crippen MR) is 89.3 cm³/mol. The molecule has 1 aliphatic heterocycles. The highest BCUT2D eigenvalue weighted by atomic mass is 19.4. The van der Waals surface area contributed by atoms with Gasteiger partial charge in [-0.1, -0.05) is 17.3 Å². The summed E-state index contributed by atoms with van der Waals surface area (Å²) < 4.78 is 42.3. The van der Waals surface area contributed by atoms with Gasteiger partial charge < -0.3 is 10.0 Å². The van der Waals surface area contributed by atoms with Crippen LogP contribution >= 0.6 is 0 Å². The van der Waals surface area contributed by atoms with E-state index in [-0.39, 0.29) is 24.5 Å². The lowest BCUT2D eigenvalue weighted by atomic mass is 10.1. The lowest BCUT2D eigenvalue weighted by molar-refractivity contribution is -0.137. The van der Waals surface area contributed by atoms with Crippen LogP contribution in [0.25, 0.3) is 5.69 Å². The first-order valence-electron chi connectivity index (χ1n) is 8.41. The first kappa shape index (κ1) is 18.2. The summed E-state index contributed by atoms with van der Waals surface area (Å²) in [7, 11) is 0. The van der Waals surface area contributed by atoms with Crippen molar-refractivity contribution in [3.05, 3.63) is 59.2 Å². The fourth-order valence-electron chi connectivity index (χ4n) is 3.16. The summed E-state index contributed by atoms with van der Waals surface area (Å²) in [6, 6.07) is 4.94. The Balaban J connectivity index is 1.60. The molecule has 28 heavy (non-hydrogen) atoms. The van der Waals surface area contributed by atoms with Crippen LogP contribution in [0.5, 0.6) is 0 Å². The Hall–Kier alpha value is -3.21. The summed E-state index contributed by atoms with van der Waals surface area (Å²) in [5.41, 5.74) is 0.210. The summed E-state index contributed by atoms with van der Waals surface area (Å²) in [5, 5.41) is 21.0. The van der Waals surface area contributed by atoms with Gasteiger partial charge in [0.25, 0.3) is 5.91 Å². The number of para-hydroxylation sites is 1. The Morgan fingerprint density at radius 1 is 1.21 bits per heavy atom. The number of alkyl halides is 3. The highest BCUT2D eigenvalue weighted by molar-refractivity contribution is 5.92. The van der Waals surface area contributed by atoms with Crippen LogP contribution in [0.4, 0.5) is 13.2 Å². The SMILES string of the molecule is O=C(c1cn(-c2ccccc2C(F)(F)F)nn1)N1CCn2ncc(CO)c2C1. The van der Waals surface area contributed by atoms with E-state index in [9.17, 15) is 23.1 Å². The maximum atomic E-state index is 13.2. The molecule has 1 aliphatic rings. The molecule has 1 N–H and O–H groups in total. The monoisotopic (exact) mass is 392 g/mol. The van der Waals surface area contributed by atoms with Crippen LogP contribution < -0.4 is 0 Å². The molecule has 2 aromatic heterocycles. The van der Waals surface area contributed by atoms with Crippen LogP contribution in [0.15, 0.2) is 36.7 Å². The molecule has 1 aromatic carbocycles. The first-order chi connectivity index (χ1) is 13.4. The second kappa shape index (κ2) is 6.75. The molecule has 0 unspecified atom stereocenters. The molecule has 4 rings (SSSR count). The molecule has 3 heterocycles. The zero-order valence-corrected chi connectivity index (χ0v) is 14.5. The van der Waals surface area contributed by atoms with Gasteiger partial charge in [-0.05, 0) is 12.1 Å². The van der Waals surface area contributed by atoms with Gasteiger partial charge in [0.05, 0.1) is 49.0 Å². The second-order valence-electron chi connectivity index (χ2n) is 6.29. The second-order valence-corrected chi connectivity index (χ2v) is 6.29. The summed E-state index contributed by atoms with van der Waals surface area (Å²) >= 11 is 0. The minimum Gasteiger partial charge on any atom is -0.392 e. The normalized spacial score (nSPS) is 14.2. The maximum Gasteiger partial charge on any atom is 0.418 e. The molecular weight excluding hydrogens is 377 g/mol. The molecule has 0 atom stereocenters. The number of rotatable bonds is 3. The number of carbonyl (C=O) groups excluding carboxylic acids is 1. The van der Waals surface area contributed by atoms with E-state index in [0.717, 1.165) is 16.4 Å². The summed E-state index contributed by atoms with van der Waals surface area (Å²) in [6.07, 6.45) is -1.82. The molecule has 0 bridgehead atoms. The summed E-state index contributed by atoms with van der Waals surface area (Å²) in [5.74, 6) is -0.452. The number of halogens is 3. The van der Waals surface area contributed by atoms with Crippen molar-refractivity contribution in [1.29, 1.82) is 0 Å². The molecule has 0 aliphatic carbocycles. The van der Waals surface area contributed by atoms with Crippen LogP contribution in [-0.4, -0.2) is 47.2 Å². The van der Waals surface area contributed by atoms with E-state index in [1.165, 1.54) is 29.3 Å². The number of amides is 1. The van der Waals surface area contributed by atoms with Crippen LogP contribution in [0.1, 0.15) is 27.3 Å². The highest BCUT2D eigenvalue weighted by Crippen LogP contribution is 2.33. The zero-order chi connectivity index (χ0) is 19.9. The molecule has 146 valence electrons. The molecular formula is C17H15F3N6O2. The minimum absolute atomic E-state index is 0.0597. The quantitative estimate of drug-likeness (QED) is 0.732. The van der Waals surface area contributed by atoms with E-state index in [2.05, 4.69) is 15.4 Å². The van der Waals surface area contributed by atoms with Crippen LogP contribution in [0.2, 0.25) is 0 Å². The van der Waals surface area contributed by atoms with Crippen molar-refractivity contribution in [1.82, 2.24) is 29.7 Å². The maximum absolute atomic E-state index is 13.2. The van der Waals surface area contributed by atoms with E-state index in [1.807, 2.05) is 0 Å². The number of carbonyl (C=O) groups is 1. The summed E-state index contributed by atoms with van der Waals surface area (Å²) in [6.45, 7) is 0.846. The van der Waals surface area contributed by atoms with Gasteiger partial charge in [-0.25, -0.2) is 4.68 Å². The zero-order valence-electron chi connectivity index (χ0n) is 14.5. The first-order valence-corrected chi connectivity index (χ1v) is 8.41. The van der Waals surface area contributed by atoms with Gasteiger partial charge in [-0.3, -0.25) is 9.48 Å². The molecule has 0 saturated heterocycles. The number of hydrogen-bond acceptors (Lipinski definition) is 5. The largest absolute Gasteiger partial charge is 0.418 e. The standard InChI is InChI=1S/C17H15F3N6O2/c18-17(19,20)12-3-1-2-4-14(12)26-8-13(22-23-26)16(28)24-5-6-25-15(9-24)11(10-27)7-21-25/h1-4,7-8,27H,5-6,9-10H2. The van der Waals surface area contributed by atoms with E-state index >= 15 is 0 Å². The number of aromatic nitrogens is 5. The van der Waals surface area contributed by atoms with Gasteiger partial charge >= 0.3 is 6.18 Å². The fraction of sp³-hybridized carbons (Fsp3) is 0.294.